The molecule has 0 unspecified atom stereocenters. The third kappa shape index (κ3) is 12.8. The van der Waals surface area contributed by atoms with Crippen molar-refractivity contribution in [2.24, 2.45) is 0 Å². The third-order valence-corrected chi connectivity index (χ3v) is 2.10. The normalized spacial score (nSPS) is 10.9. The first-order valence-electron chi connectivity index (χ1n) is 7.10. The number of hydrogen-bond donors (Lipinski definition) is 0. The van der Waals surface area contributed by atoms with Gasteiger partial charge in [-0.25, -0.2) is 19.2 Å². The lowest BCUT2D eigenvalue weighted by atomic mass is 10.5. The molecule has 0 radical (unpaired) electrons. The second kappa shape index (κ2) is 13.7. The van der Waals surface area contributed by atoms with Crippen molar-refractivity contribution in [1.29, 1.82) is 0 Å². The van der Waals surface area contributed by atoms with Crippen molar-refractivity contribution in [2.45, 2.75) is 13.8 Å². The Morgan fingerprint density at radius 2 is 0.792 bits per heavy atom. The van der Waals surface area contributed by atoms with Gasteiger partial charge in [0.15, 0.2) is 0 Å². The number of carbonyl (C=O) groups is 4. The van der Waals surface area contributed by atoms with E-state index >= 15 is 0 Å². The molecule has 0 rings (SSSR count). The van der Waals surface area contributed by atoms with Crippen molar-refractivity contribution in [2.75, 3.05) is 26.4 Å². The van der Waals surface area contributed by atoms with Crippen molar-refractivity contribution < 1.29 is 38.1 Å². The highest BCUT2D eigenvalue weighted by molar-refractivity contribution is 5.91. The van der Waals surface area contributed by atoms with Crippen LogP contribution in [0.15, 0.2) is 36.5 Å². The van der Waals surface area contributed by atoms with Gasteiger partial charge < -0.3 is 18.9 Å². The summed E-state index contributed by atoms with van der Waals surface area (Å²) in [5.74, 6) is -2.65. The zero-order valence-electron chi connectivity index (χ0n) is 13.6. The minimum atomic E-state index is -0.784. The van der Waals surface area contributed by atoms with Gasteiger partial charge in [0.25, 0.3) is 0 Å². The summed E-state index contributed by atoms with van der Waals surface area (Å²) in [6.45, 7) is 2.87. The quantitative estimate of drug-likeness (QED) is 0.250. The van der Waals surface area contributed by atoms with Crippen LogP contribution in [0.4, 0.5) is 0 Å². The number of ether oxygens (including phenoxy) is 4. The molecule has 0 aliphatic heterocycles. The highest BCUT2D eigenvalue weighted by Gasteiger charge is 2.03. The Bertz CT molecular complexity index is 470. The molecule has 0 aliphatic rings. The predicted molar refractivity (Wildman–Crippen MR) is 82.6 cm³/mol. The van der Waals surface area contributed by atoms with E-state index in [2.05, 4.69) is 0 Å². The molecule has 0 aromatic carbocycles. The van der Waals surface area contributed by atoms with E-state index in [9.17, 15) is 19.2 Å². The number of carbonyl (C=O) groups excluding carboxylic acids is 4. The summed E-state index contributed by atoms with van der Waals surface area (Å²) < 4.78 is 18.8. The molecular formula is C16H20O8. The average Bonchev–Trinajstić information content (AvgIpc) is 2.54. The van der Waals surface area contributed by atoms with E-state index in [-0.39, 0.29) is 26.4 Å². The molecule has 0 aliphatic carbocycles. The summed E-state index contributed by atoms with van der Waals surface area (Å²) in [6, 6.07) is 0. The second-order valence-corrected chi connectivity index (χ2v) is 4.00. The zero-order valence-corrected chi connectivity index (χ0v) is 13.6. The highest BCUT2D eigenvalue weighted by Crippen LogP contribution is 1.89. The van der Waals surface area contributed by atoms with E-state index in [0.717, 1.165) is 12.2 Å². The summed E-state index contributed by atoms with van der Waals surface area (Å²) in [6.07, 6.45) is 7.25. The smallest absolute Gasteiger partial charge is 0.331 e. The van der Waals surface area contributed by atoms with E-state index < -0.39 is 23.9 Å². The van der Waals surface area contributed by atoms with E-state index in [4.69, 9.17) is 18.9 Å². The Kier molecular flexibility index (Phi) is 12.1. The largest absolute Gasteiger partial charge is 0.459 e. The summed E-state index contributed by atoms with van der Waals surface area (Å²) in [5.41, 5.74) is 0. The molecule has 0 saturated heterocycles. The monoisotopic (exact) mass is 340 g/mol. The van der Waals surface area contributed by atoms with Crippen LogP contribution in [0.5, 0.6) is 0 Å². The first kappa shape index (κ1) is 21.1. The lowest BCUT2D eigenvalue weighted by molar-refractivity contribution is -0.147. The van der Waals surface area contributed by atoms with E-state index in [1.165, 1.54) is 24.3 Å². The molecule has 0 amide bonds. The number of esters is 4. The summed E-state index contributed by atoms with van der Waals surface area (Å²) in [5, 5.41) is 0. The van der Waals surface area contributed by atoms with Gasteiger partial charge >= 0.3 is 23.9 Å². The topological polar surface area (TPSA) is 105 Å². The summed E-state index contributed by atoms with van der Waals surface area (Å²) >= 11 is 0. The van der Waals surface area contributed by atoms with Gasteiger partial charge in [0.05, 0.1) is 0 Å². The van der Waals surface area contributed by atoms with Crippen molar-refractivity contribution in [3.05, 3.63) is 36.5 Å². The zero-order chi connectivity index (χ0) is 18.2. The maximum Gasteiger partial charge on any atom is 0.331 e. The Morgan fingerprint density at radius 1 is 0.542 bits per heavy atom. The minimum Gasteiger partial charge on any atom is -0.459 e. The molecule has 0 aromatic rings. The van der Waals surface area contributed by atoms with Gasteiger partial charge in [0.1, 0.15) is 26.4 Å². The molecule has 0 atom stereocenters. The third-order valence-electron chi connectivity index (χ3n) is 2.10. The van der Waals surface area contributed by atoms with E-state index in [0.29, 0.717) is 0 Å². The van der Waals surface area contributed by atoms with Crippen molar-refractivity contribution in [1.82, 2.24) is 0 Å². The number of hydrogen-bond acceptors (Lipinski definition) is 8. The molecule has 132 valence electrons. The molecule has 0 bridgehead atoms. The number of rotatable bonds is 10. The van der Waals surface area contributed by atoms with Crippen LogP contribution >= 0.6 is 0 Å². The van der Waals surface area contributed by atoms with Crippen LogP contribution in [0.25, 0.3) is 0 Å². The fraction of sp³-hybridized carbons (Fsp3) is 0.375. The standard InChI is InChI=1S/C16H20O8/c1-3-5-13(17)21-9-11-23-15(19)7-8-16(20)24-12-10-22-14(18)6-4-2/h3-8H,9-12H2,1-2H3. The Morgan fingerprint density at radius 3 is 1.04 bits per heavy atom. The van der Waals surface area contributed by atoms with Crippen LogP contribution in [0.1, 0.15) is 13.8 Å². The lowest BCUT2D eigenvalue weighted by Gasteiger charge is -2.03. The first-order chi connectivity index (χ1) is 11.5. The molecule has 0 saturated carbocycles. The summed E-state index contributed by atoms with van der Waals surface area (Å²) in [7, 11) is 0. The SMILES string of the molecule is CC=CC(=O)OCCOC(=O)C=CC(=O)OCCOC(=O)C=CC. The van der Waals surface area contributed by atoms with Crippen LogP contribution < -0.4 is 0 Å². The van der Waals surface area contributed by atoms with Gasteiger partial charge in [-0.05, 0) is 13.8 Å². The maximum atomic E-state index is 11.3. The van der Waals surface area contributed by atoms with Crippen molar-refractivity contribution >= 4 is 23.9 Å². The Hall–Kier alpha value is -2.90. The molecule has 8 heteroatoms. The molecule has 0 heterocycles. The van der Waals surface area contributed by atoms with Gasteiger partial charge in [0.2, 0.25) is 0 Å². The molecular weight excluding hydrogens is 320 g/mol. The fourth-order valence-electron chi connectivity index (χ4n) is 1.17. The van der Waals surface area contributed by atoms with Gasteiger partial charge in [-0.3, -0.25) is 0 Å². The Balaban J connectivity index is 3.79. The van der Waals surface area contributed by atoms with Crippen LogP contribution in [0.2, 0.25) is 0 Å². The molecule has 0 N–H and O–H groups in total. The van der Waals surface area contributed by atoms with Crippen LogP contribution in [-0.2, 0) is 38.1 Å². The van der Waals surface area contributed by atoms with Gasteiger partial charge in [0, 0.05) is 24.3 Å². The van der Waals surface area contributed by atoms with Crippen molar-refractivity contribution in [3.8, 4) is 0 Å². The number of allylic oxidation sites excluding steroid dienone is 2. The van der Waals surface area contributed by atoms with E-state index in [1.54, 1.807) is 13.8 Å². The minimum absolute atomic E-state index is 0.0925. The van der Waals surface area contributed by atoms with Crippen LogP contribution in [0.3, 0.4) is 0 Å². The first-order valence-corrected chi connectivity index (χ1v) is 7.10. The van der Waals surface area contributed by atoms with Gasteiger partial charge in [-0.15, -0.1) is 0 Å². The molecule has 0 aromatic heterocycles. The Labute approximate surface area is 139 Å². The fourth-order valence-corrected chi connectivity index (χ4v) is 1.17. The van der Waals surface area contributed by atoms with Gasteiger partial charge in [-0.2, -0.15) is 0 Å². The second-order valence-electron chi connectivity index (χ2n) is 4.00. The molecule has 24 heavy (non-hydrogen) atoms. The maximum absolute atomic E-state index is 11.3. The highest BCUT2D eigenvalue weighted by atomic mass is 16.6. The predicted octanol–water partition coefficient (Wildman–Crippen LogP) is 0.868. The van der Waals surface area contributed by atoms with Crippen molar-refractivity contribution in [3.63, 3.8) is 0 Å². The molecule has 8 nitrogen and oxygen atoms in total. The lowest BCUT2D eigenvalue weighted by Crippen LogP contribution is -2.13. The molecule has 0 fully saturated rings. The molecule has 0 spiro atoms. The van der Waals surface area contributed by atoms with E-state index in [1.807, 2.05) is 0 Å². The summed E-state index contributed by atoms with van der Waals surface area (Å²) in [4.78, 5) is 44.4. The van der Waals surface area contributed by atoms with Gasteiger partial charge in [-0.1, -0.05) is 12.2 Å². The average molecular weight is 340 g/mol. The van der Waals surface area contributed by atoms with Crippen LogP contribution in [0, 0.1) is 0 Å². The van der Waals surface area contributed by atoms with Crippen LogP contribution in [-0.4, -0.2) is 50.3 Å².